The van der Waals surface area contributed by atoms with Gasteiger partial charge in [0.05, 0.1) is 32.1 Å². The number of hydrogen-bond donors (Lipinski definition) is 10. The number of nitrogens with one attached hydrogen (secondary N) is 2. The Bertz CT molecular complexity index is 2750. The average molecular weight is 889 g/mol. The third-order valence-corrected chi connectivity index (χ3v) is 9.30. The Kier molecular flexibility index (Phi) is 13.5. The number of nitrogens with two attached hydrogens (primary N) is 7. The van der Waals surface area contributed by atoms with Crippen molar-refractivity contribution in [3.8, 4) is 0 Å². The van der Waals surface area contributed by atoms with E-state index in [0.717, 1.165) is 9.80 Å². The summed E-state index contributed by atoms with van der Waals surface area (Å²) in [5, 5.41) is 14.8. The Morgan fingerprint density at radius 1 is 0.516 bits per heavy atom. The lowest BCUT2D eigenvalue weighted by Gasteiger charge is -2.25. The molecular formula is C33H44N24O7. The number of nitrogen functional groups attached to an aromatic ring is 6. The number of aliphatic carboxylic acids is 1. The van der Waals surface area contributed by atoms with E-state index in [0.29, 0.717) is 0 Å². The van der Waals surface area contributed by atoms with Gasteiger partial charge in [0.1, 0.15) is 42.7 Å². The Morgan fingerprint density at radius 2 is 0.844 bits per heavy atom. The largest absolute Gasteiger partial charge is 0.480 e. The summed E-state index contributed by atoms with van der Waals surface area (Å²) in [5.41, 5.74) is 41.7. The summed E-state index contributed by atoms with van der Waals surface area (Å²) in [5.74, 6) is -4.88. The van der Waals surface area contributed by atoms with Crippen molar-refractivity contribution in [2.24, 2.45) is 5.73 Å². The van der Waals surface area contributed by atoms with Gasteiger partial charge in [-0.25, -0.2) is 15.0 Å². The van der Waals surface area contributed by atoms with E-state index in [1.165, 1.54) is 37.6 Å². The lowest BCUT2D eigenvalue weighted by Crippen LogP contribution is -2.48. The van der Waals surface area contributed by atoms with E-state index in [1.807, 2.05) is 0 Å². The SMILES string of the molecule is NCCN(CC(=O)NCCN(CC(=O)NCCN(CC(=O)O)C(=O)Cn1cnc2c(N)nc(N)nc21)C(=O)Cn1cnc2c(N)nc(N)nc21)C(=O)Cn1cnc2c(N)nc(N)nc21. The van der Waals surface area contributed by atoms with Gasteiger partial charge in [0.15, 0.2) is 34.4 Å². The lowest BCUT2D eigenvalue weighted by atomic mass is 10.3. The lowest BCUT2D eigenvalue weighted by molar-refractivity contribution is -0.144. The minimum atomic E-state index is -1.32. The molecular weight excluding hydrogens is 845 g/mol. The van der Waals surface area contributed by atoms with Crippen LogP contribution in [0.1, 0.15) is 0 Å². The molecule has 0 aromatic carbocycles. The predicted molar refractivity (Wildman–Crippen MR) is 225 cm³/mol. The van der Waals surface area contributed by atoms with E-state index in [4.69, 9.17) is 40.1 Å². The first-order valence-electron chi connectivity index (χ1n) is 19.0. The van der Waals surface area contributed by atoms with Crippen molar-refractivity contribution in [1.82, 2.24) is 83.9 Å². The molecule has 0 radical (unpaired) electrons. The molecule has 0 unspecified atom stereocenters. The molecule has 0 saturated carbocycles. The van der Waals surface area contributed by atoms with Gasteiger partial charge in [-0.1, -0.05) is 0 Å². The second-order valence-corrected chi connectivity index (χ2v) is 13.9. The molecule has 0 fully saturated rings. The molecule has 6 aromatic rings. The number of anilines is 6. The van der Waals surface area contributed by atoms with E-state index in [1.54, 1.807) is 0 Å². The molecule has 0 aliphatic heterocycles. The van der Waals surface area contributed by atoms with Crippen LogP contribution in [0.25, 0.3) is 33.5 Å². The van der Waals surface area contributed by atoms with Gasteiger partial charge in [0, 0.05) is 39.3 Å². The molecule has 31 nitrogen and oxygen atoms in total. The summed E-state index contributed by atoms with van der Waals surface area (Å²) in [4.78, 5) is 118. The van der Waals surface area contributed by atoms with Gasteiger partial charge >= 0.3 is 5.97 Å². The number of nitrogens with zero attached hydrogens (tertiary/aromatic N) is 15. The molecule has 0 spiro atoms. The number of carboxylic acid groups (broad SMARTS) is 1. The fourth-order valence-corrected chi connectivity index (χ4v) is 6.35. The Morgan fingerprint density at radius 3 is 1.17 bits per heavy atom. The van der Waals surface area contributed by atoms with Gasteiger partial charge in [0.2, 0.25) is 47.4 Å². The van der Waals surface area contributed by atoms with Gasteiger partial charge in [-0.15, -0.1) is 0 Å². The van der Waals surface area contributed by atoms with Crippen molar-refractivity contribution < 1.29 is 33.9 Å². The molecule has 6 heterocycles. The van der Waals surface area contributed by atoms with E-state index < -0.39 is 68.2 Å². The normalized spacial score (nSPS) is 11.2. The monoisotopic (exact) mass is 888 g/mol. The quantitative estimate of drug-likeness (QED) is 0.0341. The van der Waals surface area contributed by atoms with Gasteiger partial charge in [0.25, 0.3) is 0 Å². The molecule has 0 atom stereocenters. The first kappa shape index (κ1) is 44.8. The molecule has 6 rings (SSSR count). The van der Waals surface area contributed by atoms with Gasteiger partial charge in [-0.2, -0.15) is 29.9 Å². The summed E-state index contributed by atoms with van der Waals surface area (Å²) in [6, 6.07) is 0. The fourth-order valence-electron chi connectivity index (χ4n) is 6.35. The number of imidazole rings is 3. The maximum absolute atomic E-state index is 13.8. The van der Waals surface area contributed by atoms with E-state index >= 15 is 0 Å². The topological polar surface area (TPSA) is 469 Å². The highest BCUT2D eigenvalue weighted by Crippen LogP contribution is 2.19. The number of hydrogen-bond acceptors (Lipinski definition) is 22. The maximum Gasteiger partial charge on any atom is 0.323 e. The van der Waals surface area contributed by atoms with Crippen LogP contribution >= 0.6 is 0 Å². The molecule has 0 aliphatic rings. The fraction of sp³-hybridized carbons (Fsp3) is 0.364. The molecule has 338 valence electrons. The summed E-state index contributed by atoms with van der Waals surface area (Å²) in [7, 11) is 0. The predicted octanol–water partition coefficient (Wildman–Crippen LogP) is -6.24. The molecule has 6 aromatic heterocycles. The van der Waals surface area contributed by atoms with Crippen LogP contribution in [0.5, 0.6) is 0 Å². The van der Waals surface area contributed by atoms with Gasteiger partial charge in [-0.3, -0.25) is 28.8 Å². The third kappa shape index (κ3) is 10.6. The number of carbonyl (C=O) groups is 6. The first-order valence-corrected chi connectivity index (χ1v) is 19.0. The van der Waals surface area contributed by atoms with E-state index in [9.17, 15) is 33.9 Å². The minimum absolute atomic E-state index is 0.00943. The van der Waals surface area contributed by atoms with Crippen LogP contribution in [0, 0.1) is 0 Å². The molecule has 17 N–H and O–H groups in total. The second-order valence-electron chi connectivity index (χ2n) is 13.9. The highest BCUT2D eigenvalue weighted by molar-refractivity contribution is 5.89. The number of carboxylic acids is 1. The summed E-state index contributed by atoms with van der Waals surface area (Å²) < 4.78 is 4.06. The zero-order valence-electron chi connectivity index (χ0n) is 33.9. The van der Waals surface area contributed by atoms with E-state index in [2.05, 4.69) is 55.5 Å². The first-order chi connectivity index (χ1) is 30.5. The smallest absolute Gasteiger partial charge is 0.323 e. The van der Waals surface area contributed by atoms with Crippen molar-refractivity contribution in [1.29, 1.82) is 0 Å². The minimum Gasteiger partial charge on any atom is -0.480 e. The molecule has 5 amide bonds. The van der Waals surface area contributed by atoms with Crippen molar-refractivity contribution in [2.75, 3.05) is 93.3 Å². The van der Waals surface area contributed by atoms with Gasteiger partial charge < -0.3 is 84.3 Å². The molecule has 31 heteroatoms. The van der Waals surface area contributed by atoms with Crippen LogP contribution in [-0.4, -0.2) is 173 Å². The number of amides is 5. The summed E-state index contributed by atoms with van der Waals surface area (Å²) >= 11 is 0. The number of fused-ring (bicyclic) bond motifs is 3. The highest BCUT2D eigenvalue weighted by atomic mass is 16.4. The summed E-state index contributed by atoms with van der Waals surface area (Å²) in [6.07, 6.45) is 3.90. The van der Waals surface area contributed by atoms with Crippen LogP contribution in [0.15, 0.2) is 19.0 Å². The van der Waals surface area contributed by atoms with Crippen LogP contribution in [0.2, 0.25) is 0 Å². The second kappa shape index (κ2) is 19.3. The summed E-state index contributed by atoms with van der Waals surface area (Å²) in [6.45, 7) is -3.58. The number of carbonyl (C=O) groups excluding carboxylic acids is 5. The average Bonchev–Trinajstić information content (AvgIpc) is 3.94. The van der Waals surface area contributed by atoms with Crippen molar-refractivity contribution in [3.05, 3.63) is 19.0 Å². The standard InChI is InChI=1S/C33H44N24O7/c34-1-4-52(18(60)9-55-13-43-22-25(35)46-31(38)49-28(22)55)7-16(58)41-2-5-53(19(61)10-56-14-44-23-26(36)47-32(39)50-29(23)56)8-17(59)42-3-6-54(12-21(63)64)20(62)11-57-15-45-24-27(37)48-33(40)51-30(24)57/h13-15H,1-12,34H2,(H,41,58)(H,42,59)(H,63,64)(H4,35,38,46,49)(H4,36,39,47,50)(H4,37,40,48,51). The number of aromatic nitrogens is 12. The Labute approximate surface area is 359 Å². The number of rotatable bonds is 20. The van der Waals surface area contributed by atoms with Crippen LogP contribution in [-0.2, 0) is 48.4 Å². The molecule has 0 aliphatic carbocycles. The zero-order valence-corrected chi connectivity index (χ0v) is 33.9. The van der Waals surface area contributed by atoms with E-state index in [-0.39, 0.29) is 115 Å². The van der Waals surface area contributed by atoms with Gasteiger partial charge in [-0.05, 0) is 0 Å². The third-order valence-electron chi connectivity index (χ3n) is 9.30. The van der Waals surface area contributed by atoms with Crippen LogP contribution in [0.3, 0.4) is 0 Å². The highest BCUT2D eigenvalue weighted by Gasteiger charge is 2.24. The Balaban J connectivity index is 1.09. The van der Waals surface area contributed by atoms with Crippen LogP contribution < -0.4 is 50.8 Å². The zero-order chi connectivity index (χ0) is 46.2. The van der Waals surface area contributed by atoms with Crippen molar-refractivity contribution >= 4 is 104 Å². The molecule has 0 saturated heterocycles. The maximum atomic E-state index is 13.8. The van der Waals surface area contributed by atoms with Crippen molar-refractivity contribution in [2.45, 2.75) is 19.6 Å². The molecule has 0 bridgehead atoms. The Hall–Kier alpha value is -8.77. The molecule has 64 heavy (non-hydrogen) atoms. The van der Waals surface area contributed by atoms with Crippen LogP contribution in [0.4, 0.5) is 35.3 Å². The van der Waals surface area contributed by atoms with Crippen molar-refractivity contribution in [3.63, 3.8) is 0 Å².